The minimum absolute atomic E-state index is 0.128. The van der Waals surface area contributed by atoms with E-state index >= 15 is 0 Å². The molecule has 0 saturated heterocycles. The highest BCUT2D eigenvalue weighted by Crippen LogP contribution is 2.07. The smallest absolute Gasteiger partial charge is 0.0803 e. The summed E-state index contributed by atoms with van der Waals surface area (Å²) in [7, 11) is 3.63. The van der Waals surface area contributed by atoms with Gasteiger partial charge in [0.25, 0.3) is 0 Å². The quantitative estimate of drug-likeness (QED) is 0.597. The molecule has 0 aromatic carbocycles. The molecule has 0 aliphatic carbocycles. The SMILES string of the molecule is CNC/C=C/C(C)(C)OC. The van der Waals surface area contributed by atoms with Crippen molar-refractivity contribution in [2.75, 3.05) is 20.7 Å². The van der Waals surface area contributed by atoms with Gasteiger partial charge in [0.2, 0.25) is 0 Å². The molecule has 2 nitrogen and oxygen atoms in total. The van der Waals surface area contributed by atoms with Gasteiger partial charge in [0.1, 0.15) is 0 Å². The molecule has 0 saturated carbocycles. The first-order chi connectivity index (χ1) is 4.62. The molecule has 0 unspecified atom stereocenters. The van der Waals surface area contributed by atoms with Crippen LogP contribution in [0.15, 0.2) is 12.2 Å². The van der Waals surface area contributed by atoms with E-state index in [0.717, 1.165) is 6.54 Å². The highest BCUT2D eigenvalue weighted by atomic mass is 16.5. The Hall–Kier alpha value is -0.340. The van der Waals surface area contributed by atoms with Crippen molar-refractivity contribution in [3.05, 3.63) is 12.2 Å². The second-order valence-corrected chi connectivity index (χ2v) is 2.77. The van der Waals surface area contributed by atoms with Gasteiger partial charge in [0, 0.05) is 13.7 Å². The third kappa shape index (κ3) is 4.53. The molecule has 0 aromatic rings. The molecule has 1 N–H and O–H groups in total. The van der Waals surface area contributed by atoms with Crippen LogP contribution in [0.4, 0.5) is 0 Å². The fourth-order valence-corrected chi connectivity index (χ4v) is 0.529. The van der Waals surface area contributed by atoms with E-state index < -0.39 is 0 Å². The zero-order valence-corrected chi connectivity index (χ0v) is 7.27. The maximum Gasteiger partial charge on any atom is 0.0803 e. The lowest BCUT2D eigenvalue weighted by Crippen LogP contribution is -2.19. The summed E-state index contributed by atoms with van der Waals surface area (Å²) in [6, 6.07) is 0. The Labute approximate surface area is 63.3 Å². The van der Waals surface area contributed by atoms with Crippen molar-refractivity contribution in [2.45, 2.75) is 19.4 Å². The van der Waals surface area contributed by atoms with Crippen molar-refractivity contribution in [1.82, 2.24) is 5.32 Å². The van der Waals surface area contributed by atoms with E-state index in [0.29, 0.717) is 0 Å². The van der Waals surface area contributed by atoms with E-state index in [4.69, 9.17) is 4.74 Å². The van der Waals surface area contributed by atoms with Crippen LogP contribution in [0.5, 0.6) is 0 Å². The van der Waals surface area contributed by atoms with Gasteiger partial charge in [0.05, 0.1) is 5.60 Å². The second kappa shape index (κ2) is 4.47. The summed E-state index contributed by atoms with van der Waals surface area (Å²) in [6.07, 6.45) is 4.10. The maximum absolute atomic E-state index is 5.17. The summed E-state index contributed by atoms with van der Waals surface area (Å²) < 4.78 is 5.17. The van der Waals surface area contributed by atoms with Crippen LogP contribution in [0.1, 0.15) is 13.8 Å². The van der Waals surface area contributed by atoms with Gasteiger partial charge in [-0.3, -0.25) is 0 Å². The van der Waals surface area contributed by atoms with Crippen molar-refractivity contribution >= 4 is 0 Å². The van der Waals surface area contributed by atoms with Crippen LogP contribution in [0.2, 0.25) is 0 Å². The molecule has 0 heterocycles. The molecule has 0 bridgehead atoms. The maximum atomic E-state index is 5.17. The second-order valence-electron chi connectivity index (χ2n) is 2.77. The number of nitrogens with one attached hydrogen (secondary N) is 1. The van der Waals surface area contributed by atoms with Gasteiger partial charge < -0.3 is 10.1 Å². The Balaban J connectivity index is 3.63. The Morgan fingerprint density at radius 2 is 2.10 bits per heavy atom. The van der Waals surface area contributed by atoms with Crippen LogP contribution in [0.25, 0.3) is 0 Å². The minimum atomic E-state index is -0.128. The first kappa shape index (κ1) is 9.66. The lowest BCUT2D eigenvalue weighted by atomic mass is 10.1. The first-order valence-corrected chi connectivity index (χ1v) is 3.50. The third-order valence-corrected chi connectivity index (χ3v) is 1.37. The normalized spacial score (nSPS) is 12.8. The predicted molar refractivity (Wildman–Crippen MR) is 44.2 cm³/mol. The Kier molecular flexibility index (Phi) is 4.32. The molecule has 0 amide bonds. The predicted octanol–water partition coefficient (Wildman–Crippen LogP) is 1.19. The number of likely N-dealkylation sites (N-methyl/N-ethyl adjacent to an activating group) is 1. The van der Waals surface area contributed by atoms with E-state index in [1.165, 1.54) is 0 Å². The molecule has 0 aromatic heterocycles. The summed E-state index contributed by atoms with van der Waals surface area (Å²) in [4.78, 5) is 0. The zero-order valence-electron chi connectivity index (χ0n) is 7.27. The van der Waals surface area contributed by atoms with Crippen LogP contribution in [-0.4, -0.2) is 26.3 Å². The fourth-order valence-electron chi connectivity index (χ4n) is 0.529. The van der Waals surface area contributed by atoms with Gasteiger partial charge >= 0.3 is 0 Å². The zero-order chi connectivity index (χ0) is 8.04. The van der Waals surface area contributed by atoms with E-state index in [1.807, 2.05) is 27.0 Å². The Morgan fingerprint density at radius 3 is 2.50 bits per heavy atom. The van der Waals surface area contributed by atoms with E-state index in [1.54, 1.807) is 7.11 Å². The molecule has 0 fully saturated rings. The number of ether oxygens (including phenoxy) is 1. The summed E-state index contributed by atoms with van der Waals surface area (Å²) in [6.45, 7) is 4.95. The van der Waals surface area contributed by atoms with Crippen molar-refractivity contribution < 1.29 is 4.74 Å². The lowest BCUT2D eigenvalue weighted by molar-refractivity contribution is 0.0654. The highest BCUT2D eigenvalue weighted by Gasteiger charge is 2.09. The number of methoxy groups -OCH3 is 1. The van der Waals surface area contributed by atoms with Crippen molar-refractivity contribution in [1.29, 1.82) is 0 Å². The van der Waals surface area contributed by atoms with Gasteiger partial charge in [-0.25, -0.2) is 0 Å². The largest absolute Gasteiger partial charge is 0.375 e. The molecule has 2 heteroatoms. The van der Waals surface area contributed by atoms with Gasteiger partial charge in [-0.1, -0.05) is 12.2 Å². The van der Waals surface area contributed by atoms with Gasteiger partial charge in [-0.15, -0.1) is 0 Å². The minimum Gasteiger partial charge on any atom is -0.375 e. The van der Waals surface area contributed by atoms with Crippen LogP contribution >= 0.6 is 0 Å². The van der Waals surface area contributed by atoms with Crippen molar-refractivity contribution in [2.24, 2.45) is 0 Å². The van der Waals surface area contributed by atoms with Crippen LogP contribution < -0.4 is 5.32 Å². The molecule has 0 rings (SSSR count). The third-order valence-electron chi connectivity index (χ3n) is 1.37. The van der Waals surface area contributed by atoms with E-state index in [2.05, 4.69) is 11.4 Å². The molecular weight excluding hydrogens is 126 g/mol. The molecule has 0 aliphatic heterocycles. The number of hydrogen-bond donors (Lipinski definition) is 1. The molecule has 0 radical (unpaired) electrons. The van der Waals surface area contributed by atoms with Gasteiger partial charge in [0.15, 0.2) is 0 Å². The first-order valence-electron chi connectivity index (χ1n) is 3.50. The van der Waals surface area contributed by atoms with Gasteiger partial charge in [-0.05, 0) is 20.9 Å². The highest BCUT2D eigenvalue weighted by molar-refractivity contribution is 4.97. The molecule has 10 heavy (non-hydrogen) atoms. The summed E-state index contributed by atoms with van der Waals surface area (Å²) >= 11 is 0. The molecular formula is C8H17NO. The van der Waals surface area contributed by atoms with Crippen LogP contribution in [-0.2, 0) is 4.74 Å². The van der Waals surface area contributed by atoms with Crippen molar-refractivity contribution in [3.8, 4) is 0 Å². The van der Waals surface area contributed by atoms with E-state index in [9.17, 15) is 0 Å². The standard InChI is InChI=1S/C8H17NO/c1-8(2,10-4)6-5-7-9-3/h5-6,9H,7H2,1-4H3/b6-5+. The van der Waals surface area contributed by atoms with Crippen LogP contribution in [0.3, 0.4) is 0 Å². The molecule has 0 spiro atoms. The van der Waals surface area contributed by atoms with Gasteiger partial charge in [-0.2, -0.15) is 0 Å². The summed E-state index contributed by atoms with van der Waals surface area (Å²) in [5, 5.41) is 3.02. The molecule has 60 valence electrons. The lowest BCUT2D eigenvalue weighted by Gasteiger charge is -2.17. The number of hydrogen-bond acceptors (Lipinski definition) is 2. The summed E-state index contributed by atoms with van der Waals surface area (Å²) in [5.41, 5.74) is -0.128. The number of rotatable bonds is 4. The Morgan fingerprint density at radius 1 is 1.50 bits per heavy atom. The average molecular weight is 143 g/mol. The average Bonchev–Trinajstić information content (AvgIpc) is 1.89. The monoisotopic (exact) mass is 143 g/mol. The topological polar surface area (TPSA) is 21.3 Å². The fraction of sp³-hybridized carbons (Fsp3) is 0.750. The van der Waals surface area contributed by atoms with E-state index in [-0.39, 0.29) is 5.60 Å². The molecule has 0 aliphatic rings. The Bertz CT molecular complexity index is 108. The van der Waals surface area contributed by atoms with Crippen LogP contribution in [0, 0.1) is 0 Å². The molecule has 0 atom stereocenters. The van der Waals surface area contributed by atoms with Crippen molar-refractivity contribution in [3.63, 3.8) is 0 Å². The summed E-state index contributed by atoms with van der Waals surface area (Å²) in [5.74, 6) is 0.